The van der Waals surface area contributed by atoms with Crippen molar-refractivity contribution in [2.45, 2.75) is 5.75 Å². The molecule has 0 atom stereocenters. The molecule has 27 heavy (non-hydrogen) atoms. The highest BCUT2D eigenvalue weighted by atomic mass is 35.5. The molecule has 0 aliphatic carbocycles. The third-order valence-electron chi connectivity index (χ3n) is 3.23. The van der Waals surface area contributed by atoms with Crippen LogP contribution in [0.3, 0.4) is 0 Å². The van der Waals surface area contributed by atoms with Crippen LogP contribution in [0.15, 0.2) is 36.4 Å². The zero-order valence-electron chi connectivity index (χ0n) is 14.1. The zero-order chi connectivity index (χ0) is 19.8. The fraction of sp³-hybridized carbons (Fsp3) is 0.176. The molecule has 0 fully saturated rings. The maximum Gasteiger partial charge on any atom is 0.248 e. The first-order valence-electron chi connectivity index (χ1n) is 7.60. The van der Waals surface area contributed by atoms with E-state index < -0.39 is 5.82 Å². The van der Waals surface area contributed by atoms with E-state index in [1.165, 1.54) is 31.0 Å². The molecular formula is C17H16Cl2FN3O2S2. The van der Waals surface area contributed by atoms with Crippen molar-refractivity contribution in [1.29, 1.82) is 0 Å². The lowest BCUT2D eigenvalue weighted by molar-refractivity contribution is -0.119. The first-order chi connectivity index (χ1) is 12.9. The van der Waals surface area contributed by atoms with Gasteiger partial charge in [-0.05, 0) is 48.1 Å². The van der Waals surface area contributed by atoms with Crippen LogP contribution in [0.5, 0.6) is 5.75 Å². The number of hydrazine groups is 1. The number of amides is 1. The first-order valence-corrected chi connectivity index (χ1v) is 9.92. The molecule has 0 saturated heterocycles. The highest BCUT2D eigenvalue weighted by molar-refractivity contribution is 7.99. The lowest BCUT2D eigenvalue weighted by Gasteiger charge is -2.14. The minimum atomic E-state index is -0.395. The van der Waals surface area contributed by atoms with E-state index in [1.54, 1.807) is 24.3 Å². The van der Waals surface area contributed by atoms with Gasteiger partial charge in [-0.2, -0.15) is 0 Å². The fourth-order valence-electron chi connectivity index (χ4n) is 1.99. The van der Waals surface area contributed by atoms with E-state index in [-0.39, 0.29) is 16.8 Å². The Balaban J connectivity index is 1.75. The Hall–Kier alpha value is -1.74. The van der Waals surface area contributed by atoms with Gasteiger partial charge in [0.1, 0.15) is 11.6 Å². The van der Waals surface area contributed by atoms with E-state index in [1.807, 2.05) is 0 Å². The van der Waals surface area contributed by atoms with Crippen LogP contribution in [-0.4, -0.2) is 23.9 Å². The number of methoxy groups -OCH3 is 1. The number of anilines is 1. The second kappa shape index (κ2) is 10.6. The Morgan fingerprint density at radius 1 is 1.22 bits per heavy atom. The Kier molecular flexibility index (Phi) is 8.43. The van der Waals surface area contributed by atoms with Crippen molar-refractivity contribution in [1.82, 2.24) is 10.9 Å². The van der Waals surface area contributed by atoms with Crippen LogP contribution in [0.1, 0.15) is 5.56 Å². The number of hydrogen-bond acceptors (Lipinski definition) is 4. The predicted octanol–water partition coefficient (Wildman–Crippen LogP) is 4.39. The predicted molar refractivity (Wildman–Crippen MR) is 113 cm³/mol. The molecule has 0 unspecified atom stereocenters. The molecule has 0 heterocycles. The molecular weight excluding hydrogens is 432 g/mol. The summed E-state index contributed by atoms with van der Waals surface area (Å²) < 4.78 is 18.2. The van der Waals surface area contributed by atoms with Gasteiger partial charge < -0.3 is 10.1 Å². The number of ether oxygens (including phenoxy) is 1. The Morgan fingerprint density at radius 3 is 2.70 bits per heavy atom. The fourth-order valence-corrected chi connectivity index (χ4v) is 3.46. The van der Waals surface area contributed by atoms with Crippen LogP contribution in [0, 0.1) is 5.82 Å². The van der Waals surface area contributed by atoms with Gasteiger partial charge in [0.15, 0.2) is 5.11 Å². The van der Waals surface area contributed by atoms with Gasteiger partial charge in [0, 0.05) is 15.8 Å². The molecule has 0 aliphatic rings. The Labute approximate surface area is 175 Å². The third-order valence-corrected chi connectivity index (χ3v) is 5.00. The largest absolute Gasteiger partial charge is 0.495 e. The van der Waals surface area contributed by atoms with Gasteiger partial charge in [0.05, 0.1) is 18.6 Å². The van der Waals surface area contributed by atoms with E-state index in [2.05, 4.69) is 16.2 Å². The van der Waals surface area contributed by atoms with Crippen LogP contribution in [0.25, 0.3) is 0 Å². The highest BCUT2D eigenvalue weighted by Crippen LogP contribution is 2.27. The number of halogens is 3. The van der Waals surface area contributed by atoms with E-state index in [0.717, 1.165) is 5.56 Å². The molecule has 0 bridgehead atoms. The summed E-state index contributed by atoms with van der Waals surface area (Å²) in [6.07, 6.45) is 0. The second-order valence-electron chi connectivity index (χ2n) is 5.20. The molecule has 3 N–H and O–H groups in total. The summed E-state index contributed by atoms with van der Waals surface area (Å²) in [5, 5.41) is 3.91. The number of thiocarbonyl (C=S) groups is 1. The summed E-state index contributed by atoms with van der Waals surface area (Å²) in [5.74, 6) is 0.536. The first kappa shape index (κ1) is 21.6. The average molecular weight is 448 g/mol. The summed E-state index contributed by atoms with van der Waals surface area (Å²) in [6.45, 7) is 0. The number of carbonyl (C=O) groups excluding carboxylic acids is 1. The van der Waals surface area contributed by atoms with Gasteiger partial charge in [-0.25, -0.2) is 4.39 Å². The van der Waals surface area contributed by atoms with Gasteiger partial charge in [0.2, 0.25) is 5.91 Å². The molecule has 0 aliphatic heterocycles. The number of rotatable bonds is 6. The van der Waals surface area contributed by atoms with Crippen molar-refractivity contribution in [3.8, 4) is 5.75 Å². The quantitative estimate of drug-likeness (QED) is 0.450. The normalized spacial score (nSPS) is 10.2. The van der Waals surface area contributed by atoms with Crippen molar-refractivity contribution in [3.63, 3.8) is 0 Å². The molecule has 10 heteroatoms. The summed E-state index contributed by atoms with van der Waals surface area (Å²) in [7, 11) is 1.53. The van der Waals surface area contributed by atoms with Crippen LogP contribution in [0.2, 0.25) is 10.0 Å². The second-order valence-corrected chi connectivity index (χ2v) is 7.44. The minimum Gasteiger partial charge on any atom is -0.495 e. The molecule has 0 radical (unpaired) electrons. The smallest absolute Gasteiger partial charge is 0.248 e. The van der Waals surface area contributed by atoms with E-state index in [9.17, 15) is 9.18 Å². The minimum absolute atomic E-state index is 0.170. The van der Waals surface area contributed by atoms with Crippen molar-refractivity contribution in [2.75, 3.05) is 18.2 Å². The van der Waals surface area contributed by atoms with Crippen molar-refractivity contribution >= 4 is 63.9 Å². The molecule has 0 aromatic heterocycles. The molecule has 2 rings (SSSR count). The topological polar surface area (TPSA) is 62.4 Å². The maximum absolute atomic E-state index is 13.0. The van der Waals surface area contributed by atoms with Crippen LogP contribution >= 0.6 is 47.2 Å². The Bertz CT molecular complexity index is 840. The lowest BCUT2D eigenvalue weighted by atomic mass is 10.2. The zero-order valence-corrected chi connectivity index (χ0v) is 17.3. The molecule has 0 spiro atoms. The number of carbonyl (C=O) groups is 1. The van der Waals surface area contributed by atoms with Crippen molar-refractivity contribution in [3.05, 3.63) is 57.8 Å². The third kappa shape index (κ3) is 7.06. The monoisotopic (exact) mass is 447 g/mol. The van der Waals surface area contributed by atoms with E-state index in [0.29, 0.717) is 27.2 Å². The average Bonchev–Trinajstić information content (AvgIpc) is 2.62. The summed E-state index contributed by atoms with van der Waals surface area (Å²) in [4.78, 5) is 11.9. The number of hydrogen-bond donors (Lipinski definition) is 3. The summed E-state index contributed by atoms with van der Waals surface area (Å²) >= 11 is 18.4. The van der Waals surface area contributed by atoms with Crippen LogP contribution in [-0.2, 0) is 10.5 Å². The number of nitrogens with one attached hydrogen (secondary N) is 3. The SMILES string of the molecule is COc1ccc(Cl)cc1NC(=S)NNC(=O)CSCc1ccc(F)cc1Cl. The van der Waals surface area contributed by atoms with Gasteiger partial charge >= 0.3 is 0 Å². The standard InChI is InChI=1S/C17H16Cl2FN3O2S2/c1-25-15-5-3-11(18)6-14(15)21-17(26)23-22-16(24)9-27-8-10-2-4-12(20)7-13(10)19/h2-7H,8-9H2,1H3,(H,22,24)(H2,21,23,26). The van der Waals surface area contributed by atoms with E-state index in [4.69, 9.17) is 40.2 Å². The number of thioether (sulfide) groups is 1. The van der Waals surface area contributed by atoms with Crippen molar-refractivity contribution < 1.29 is 13.9 Å². The highest BCUT2D eigenvalue weighted by Gasteiger charge is 2.08. The van der Waals surface area contributed by atoms with Crippen LogP contribution in [0.4, 0.5) is 10.1 Å². The Morgan fingerprint density at radius 2 is 2.00 bits per heavy atom. The molecule has 5 nitrogen and oxygen atoms in total. The molecule has 2 aromatic carbocycles. The summed E-state index contributed by atoms with van der Waals surface area (Å²) in [5.41, 5.74) is 6.41. The van der Waals surface area contributed by atoms with Crippen molar-refractivity contribution in [2.24, 2.45) is 0 Å². The van der Waals surface area contributed by atoms with Gasteiger partial charge in [-0.15, -0.1) is 11.8 Å². The van der Waals surface area contributed by atoms with Gasteiger partial charge in [0.25, 0.3) is 0 Å². The van der Waals surface area contributed by atoms with E-state index >= 15 is 0 Å². The molecule has 2 aromatic rings. The molecule has 0 saturated carbocycles. The van der Waals surface area contributed by atoms with Gasteiger partial charge in [-0.1, -0.05) is 29.3 Å². The maximum atomic E-state index is 13.0. The molecule has 144 valence electrons. The lowest BCUT2D eigenvalue weighted by Crippen LogP contribution is -2.44. The molecule has 1 amide bonds. The summed E-state index contributed by atoms with van der Waals surface area (Å²) in [6, 6.07) is 9.21. The number of benzene rings is 2. The van der Waals surface area contributed by atoms with Gasteiger partial charge in [-0.3, -0.25) is 15.6 Å². The van der Waals surface area contributed by atoms with Crippen LogP contribution < -0.4 is 20.9 Å².